The largest absolute Gasteiger partial charge is 0.481 e. The molecule has 0 bridgehead atoms. The molecule has 2 unspecified atom stereocenters. The Morgan fingerprint density at radius 3 is 2.11 bits per heavy atom. The predicted octanol–water partition coefficient (Wildman–Crippen LogP) is 1.25. The Hall–Kier alpha value is -1.10. The molecule has 0 aromatic rings. The van der Waals surface area contributed by atoms with E-state index < -0.39 is 17.8 Å². The number of carbonyl (C=O) groups excluding carboxylic acids is 1. The molecule has 5 nitrogen and oxygen atoms in total. The minimum Gasteiger partial charge on any atom is -0.481 e. The van der Waals surface area contributed by atoms with Gasteiger partial charge in [-0.05, 0) is 32.1 Å². The molecule has 19 heavy (non-hydrogen) atoms. The molecular formula is C14H23NO4. The molecule has 2 rings (SSSR count). The van der Waals surface area contributed by atoms with Crippen LogP contribution in [0.1, 0.15) is 44.9 Å². The van der Waals surface area contributed by atoms with Crippen molar-refractivity contribution in [1.82, 2.24) is 4.90 Å². The normalized spacial score (nSPS) is 27.6. The summed E-state index contributed by atoms with van der Waals surface area (Å²) in [6.45, 7) is 0.291. The third-order valence-electron chi connectivity index (χ3n) is 4.54. The van der Waals surface area contributed by atoms with Crippen LogP contribution in [0, 0.1) is 11.8 Å². The van der Waals surface area contributed by atoms with Crippen LogP contribution in [-0.2, 0) is 9.59 Å². The highest BCUT2D eigenvalue weighted by molar-refractivity contribution is 5.85. The van der Waals surface area contributed by atoms with E-state index in [1.165, 1.54) is 0 Å². The topological polar surface area (TPSA) is 77.8 Å². The van der Waals surface area contributed by atoms with Gasteiger partial charge < -0.3 is 15.1 Å². The highest BCUT2D eigenvalue weighted by Crippen LogP contribution is 2.34. The van der Waals surface area contributed by atoms with E-state index >= 15 is 0 Å². The van der Waals surface area contributed by atoms with Crippen LogP contribution in [0.25, 0.3) is 0 Å². The number of amides is 1. The lowest BCUT2D eigenvalue weighted by Crippen LogP contribution is -2.50. The van der Waals surface area contributed by atoms with Gasteiger partial charge in [-0.2, -0.15) is 0 Å². The minimum atomic E-state index is -0.851. The molecule has 0 radical (unpaired) electrons. The molecule has 108 valence electrons. The Labute approximate surface area is 113 Å². The Bertz CT molecular complexity index is 340. The van der Waals surface area contributed by atoms with E-state index in [9.17, 15) is 14.7 Å². The quantitative estimate of drug-likeness (QED) is 0.787. The number of aliphatic carboxylic acids is 1. The first kappa shape index (κ1) is 14.3. The second kappa shape index (κ2) is 6.37. The molecule has 0 saturated heterocycles. The number of carbonyl (C=O) groups is 2. The minimum absolute atomic E-state index is 0.0489. The van der Waals surface area contributed by atoms with E-state index in [4.69, 9.17) is 5.11 Å². The Morgan fingerprint density at radius 1 is 1.00 bits per heavy atom. The fraction of sp³-hybridized carbons (Fsp3) is 0.857. The Morgan fingerprint density at radius 2 is 1.63 bits per heavy atom. The van der Waals surface area contributed by atoms with Crippen molar-refractivity contribution < 1.29 is 19.8 Å². The lowest BCUT2D eigenvalue weighted by molar-refractivity contribution is -0.154. The first-order valence-electron chi connectivity index (χ1n) is 7.29. The molecule has 2 aliphatic carbocycles. The second-order valence-electron chi connectivity index (χ2n) is 5.68. The first-order chi connectivity index (χ1) is 9.15. The van der Waals surface area contributed by atoms with Gasteiger partial charge in [-0.1, -0.05) is 12.8 Å². The zero-order chi connectivity index (χ0) is 13.8. The van der Waals surface area contributed by atoms with Crippen LogP contribution in [-0.4, -0.2) is 46.2 Å². The third kappa shape index (κ3) is 3.08. The number of nitrogens with zero attached hydrogens (tertiary/aromatic N) is 1. The fourth-order valence-electron chi connectivity index (χ4n) is 3.21. The summed E-state index contributed by atoms with van der Waals surface area (Å²) in [4.78, 5) is 25.6. The summed E-state index contributed by atoms with van der Waals surface area (Å²) < 4.78 is 0. The number of carboxylic acid groups (broad SMARTS) is 1. The number of carboxylic acids is 1. The Kier molecular flexibility index (Phi) is 4.80. The Balaban J connectivity index is 2.07. The van der Waals surface area contributed by atoms with E-state index in [2.05, 4.69) is 0 Å². The van der Waals surface area contributed by atoms with Crippen molar-refractivity contribution in [2.45, 2.75) is 51.0 Å². The van der Waals surface area contributed by atoms with Gasteiger partial charge >= 0.3 is 5.97 Å². The van der Waals surface area contributed by atoms with Gasteiger partial charge in [0.2, 0.25) is 5.91 Å². The number of rotatable bonds is 5. The third-order valence-corrected chi connectivity index (χ3v) is 4.54. The monoisotopic (exact) mass is 269 g/mol. The van der Waals surface area contributed by atoms with Crippen LogP contribution in [0.3, 0.4) is 0 Å². The highest BCUT2D eigenvalue weighted by atomic mass is 16.4. The second-order valence-corrected chi connectivity index (χ2v) is 5.68. The van der Waals surface area contributed by atoms with Crippen LogP contribution in [0.5, 0.6) is 0 Å². The molecule has 5 heteroatoms. The van der Waals surface area contributed by atoms with Gasteiger partial charge in [0, 0.05) is 12.6 Å². The standard InChI is InChI=1S/C14H23NO4/c16-9-8-15(10-4-3-5-10)13(17)11-6-1-2-7-12(11)14(18)19/h10-12,16H,1-9H2,(H,18,19). The summed E-state index contributed by atoms with van der Waals surface area (Å²) in [5.74, 6) is -1.83. The maximum absolute atomic E-state index is 12.6. The first-order valence-corrected chi connectivity index (χ1v) is 7.29. The van der Waals surface area contributed by atoms with Crippen molar-refractivity contribution in [2.75, 3.05) is 13.2 Å². The van der Waals surface area contributed by atoms with E-state index in [0.717, 1.165) is 32.1 Å². The van der Waals surface area contributed by atoms with Crippen molar-refractivity contribution in [3.8, 4) is 0 Å². The van der Waals surface area contributed by atoms with Gasteiger partial charge in [0.05, 0.1) is 18.4 Å². The van der Waals surface area contributed by atoms with Gasteiger partial charge in [0.15, 0.2) is 0 Å². The molecule has 2 N–H and O–H groups in total. The summed E-state index contributed by atoms with van der Waals surface area (Å²) >= 11 is 0. The molecule has 2 atom stereocenters. The zero-order valence-corrected chi connectivity index (χ0v) is 11.3. The lowest BCUT2D eigenvalue weighted by Gasteiger charge is -2.41. The van der Waals surface area contributed by atoms with Crippen molar-refractivity contribution in [1.29, 1.82) is 0 Å². The average molecular weight is 269 g/mol. The number of aliphatic hydroxyl groups excluding tert-OH is 1. The number of hydrogen-bond acceptors (Lipinski definition) is 3. The van der Waals surface area contributed by atoms with Crippen molar-refractivity contribution in [2.24, 2.45) is 11.8 Å². The van der Waals surface area contributed by atoms with Crippen LogP contribution >= 0.6 is 0 Å². The molecule has 0 heterocycles. The van der Waals surface area contributed by atoms with E-state index in [-0.39, 0.29) is 18.6 Å². The van der Waals surface area contributed by atoms with Gasteiger partial charge in [0.1, 0.15) is 0 Å². The summed E-state index contributed by atoms with van der Waals surface area (Å²) in [5, 5.41) is 18.4. The number of hydrogen-bond donors (Lipinski definition) is 2. The molecule has 0 spiro atoms. The maximum Gasteiger partial charge on any atom is 0.307 e. The summed E-state index contributed by atoms with van der Waals surface area (Å²) in [6.07, 6.45) is 6.18. The van der Waals surface area contributed by atoms with Crippen molar-refractivity contribution in [3.05, 3.63) is 0 Å². The number of aliphatic hydroxyl groups is 1. The maximum atomic E-state index is 12.6. The zero-order valence-electron chi connectivity index (χ0n) is 11.3. The SMILES string of the molecule is O=C(O)C1CCCCC1C(=O)N(CCO)C1CCC1. The van der Waals surface area contributed by atoms with Crippen LogP contribution in [0.4, 0.5) is 0 Å². The summed E-state index contributed by atoms with van der Waals surface area (Å²) in [5.41, 5.74) is 0. The van der Waals surface area contributed by atoms with Gasteiger partial charge in [-0.3, -0.25) is 9.59 Å². The molecule has 2 fully saturated rings. The molecule has 0 aliphatic heterocycles. The summed E-state index contributed by atoms with van der Waals surface area (Å²) in [6, 6.07) is 0.219. The van der Waals surface area contributed by atoms with Gasteiger partial charge in [0.25, 0.3) is 0 Å². The molecule has 0 aromatic heterocycles. The van der Waals surface area contributed by atoms with E-state index in [1.54, 1.807) is 4.90 Å². The fourth-order valence-corrected chi connectivity index (χ4v) is 3.21. The lowest BCUT2D eigenvalue weighted by atomic mass is 9.77. The van der Waals surface area contributed by atoms with Crippen LogP contribution in [0.2, 0.25) is 0 Å². The van der Waals surface area contributed by atoms with E-state index in [1.807, 2.05) is 0 Å². The molecule has 1 amide bonds. The average Bonchev–Trinajstić information content (AvgIpc) is 2.35. The van der Waals surface area contributed by atoms with E-state index in [0.29, 0.717) is 19.4 Å². The van der Waals surface area contributed by atoms with Crippen molar-refractivity contribution in [3.63, 3.8) is 0 Å². The van der Waals surface area contributed by atoms with Crippen LogP contribution in [0.15, 0.2) is 0 Å². The molecule has 0 aromatic carbocycles. The van der Waals surface area contributed by atoms with Crippen molar-refractivity contribution >= 4 is 11.9 Å². The highest BCUT2D eigenvalue weighted by Gasteiger charge is 2.40. The predicted molar refractivity (Wildman–Crippen MR) is 69.5 cm³/mol. The van der Waals surface area contributed by atoms with Gasteiger partial charge in [-0.25, -0.2) is 0 Å². The summed E-state index contributed by atoms with van der Waals surface area (Å²) in [7, 11) is 0. The molecule has 2 saturated carbocycles. The molecule has 2 aliphatic rings. The van der Waals surface area contributed by atoms with Crippen LogP contribution < -0.4 is 0 Å². The van der Waals surface area contributed by atoms with Gasteiger partial charge in [-0.15, -0.1) is 0 Å². The smallest absolute Gasteiger partial charge is 0.307 e. The molecular weight excluding hydrogens is 246 g/mol.